The van der Waals surface area contributed by atoms with Crippen molar-refractivity contribution < 1.29 is 9.18 Å². The third kappa shape index (κ3) is 3.95. The van der Waals surface area contributed by atoms with Crippen LogP contribution in [0.15, 0.2) is 42.6 Å². The van der Waals surface area contributed by atoms with Gasteiger partial charge in [-0.1, -0.05) is 25.3 Å². The molecule has 1 rings (SSSR count). The van der Waals surface area contributed by atoms with Crippen LogP contribution < -0.4 is 5.32 Å². The number of hydrogen-bond donors (Lipinski definition) is 1. The Kier molecular flexibility index (Phi) is 4.87. The van der Waals surface area contributed by atoms with Crippen molar-refractivity contribution in [3.63, 3.8) is 0 Å². The lowest BCUT2D eigenvalue weighted by atomic mass is 10.1. The minimum Gasteiger partial charge on any atom is -0.378 e. The molecule has 102 valence electrons. The van der Waals surface area contributed by atoms with E-state index in [0.717, 1.165) is 5.56 Å². The van der Waals surface area contributed by atoms with Gasteiger partial charge in [-0.3, -0.25) is 4.79 Å². The van der Waals surface area contributed by atoms with Crippen LogP contribution in [-0.4, -0.2) is 24.9 Å². The van der Waals surface area contributed by atoms with E-state index in [1.165, 1.54) is 6.07 Å². The maximum absolute atomic E-state index is 13.1. The van der Waals surface area contributed by atoms with Gasteiger partial charge in [0.15, 0.2) is 0 Å². The van der Waals surface area contributed by atoms with Crippen molar-refractivity contribution >= 4 is 5.91 Å². The van der Waals surface area contributed by atoms with Crippen molar-refractivity contribution in [3.8, 4) is 0 Å². The van der Waals surface area contributed by atoms with Crippen molar-refractivity contribution in [2.75, 3.05) is 14.1 Å². The molecule has 1 aromatic rings. The summed E-state index contributed by atoms with van der Waals surface area (Å²) in [7, 11) is 3.59. The van der Waals surface area contributed by atoms with Gasteiger partial charge in [-0.2, -0.15) is 0 Å². The monoisotopic (exact) mass is 262 g/mol. The van der Waals surface area contributed by atoms with Crippen LogP contribution in [-0.2, 0) is 11.3 Å². The first kappa shape index (κ1) is 15.0. The highest BCUT2D eigenvalue weighted by atomic mass is 19.1. The first-order chi connectivity index (χ1) is 8.82. The fourth-order valence-corrected chi connectivity index (χ4v) is 1.51. The van der Waals surface area contributed by atoms with Gasteiger partial charge in [-0.15, -0.1) is 0 Å². The van der Waals surface area contributed by atoms with E-state index in [1.807, 2.05) is 0 Å². The Labute approximate surface area is 113 Å². The van der Waals surface area contributed by atoms with Crippen LogP contribution in [0.1, 0.15) is 11.1 Å². The number of amides is 1. The summed E-state index contributed by atoms with van der Waals surface area (Å²) in [4.78, 5) is 13.6. The summed E-state index contributed by atoms with van der Waals surface area (Å²) in [5.74, 6) is -0.527. The second kappa shape index (κ2) is 6.18. The number of benzene rings is 1. The molecule has 0 aliphatic carbocycles. The van der Waals surface area contributed by atoms with Crippen LogP contribution in [0.5, 0.6) is 0 Å². The fraction of sp³-hybridized carbons (Fsp3) is 0.267. The highest BCUT2D eigenvalue weighted by Crippen LogP contribution is 2.10. The lowest BCUT2D eigenvalue weighted by Crippen LogP contribution is -2.27. The van der Waals surface area contributed by atoms with Crippen molar-refractivity contribution in [1.82, 2.24) is 10.2 Å². The number of aryl methyl sites for hydroxylation is 1. The van der Waals surface area contributed by atoms with Gasteiger partial charge in [-0.25, -0.2) is 4.39 Å². The average molecular weight is 262 g/mol. The molecule has 0 fully saturated rings. The number of hydrogen-bond acceptors (Lipinski definition) is 2. The summed E-state index contributed by atoms with van der Waals surface area (Å²) in [5, 5.41) is 2.73. The van der Waals surface area contributed by atoms with E-state index in [1.54, 1.807) is 38.1 Å². The number of likely N-dealkylation sites (N-methyl/N-ethyl adjacent to an activating group) is 1. The fourth-order valence-electron chi connectivity index (χ4n) is 1.51. The van der Waals surface area contributed by atoms with E-state index >= 15 is 0 Å². The quantitative estimate of drug-likeness (QED) is 0.652. The van der Waals surface area contributed by atoms with E-state index in [4.69, 9.17) is 0 Å². The summed E-state index contributed by atoms with van der Waals surface area (Å²) in [6, 6.07) is 4.75. The van der Waals surface area contributed by atoms with E-state index in [9.17, 15) is 9.18 Å². The maximum Gasteiger partial charge on any atom is 0.253 e. The molecule has 1 amide bonds. The molecule has 4 heteroatoms. The molecular formula is C15H19FN2O. The molecule has 0 aromatic heterocycles. The van der Waals surface area contributed by atoms with Crippen molar-refractivity contribution in [2.24, 2.45) is 0 Å². The van der Waals surface area contributed by atoms with Crippen molar-refractivity contribution in [3.05, 3.63) is 59.6 Å². The molecule has 3 nitrogen and oxygen atoms in total. The number of rotatable bonds is 5. The predicted octanol–water partition coefficient (Wildman–Crippen LogP) is 2.38. The standard InChI is InChI=1S/C15H19FN2O/c1-10-8-13(6-7-14(10)16)9-17-15(19)11(2)12(3)18(4)5/h6-8H,2-3,9H2,1,4-5H3,(H,17,19). The van der Waals surface area contributed by atoms with Gasteiger partial charge in [0.2, 0.25) is 0 Å². The molecule has 0 atom stereocenters. The van der Waals surface area contributed by atoms with Gasteiger partial charge >= 0.3 is 0 Å². The van der Waals surface area contributed by atoms with Gasteiger partial charge in [-0.05, 0) is 24.1 Å². The number of nitrogens with one attached hydrogen (secondary N) is 1. The maximum atomic E-state index is 13.1. The average Bonchev–Trinajstić information content (AvgIpc) is 2.37. The zero-order chi connectivity index (χ0) is 14.6. The molecule has 0 unspecified atom stereocenters. The van der Waals surface area contributed by atoms with Crippen LogP contribution in [0.2, 0.25) is 0 Å². The smallest absolute Gasteiger partial charge is 0.253 e. The number of carbonyl (C=O) groups excluding carboxylic acids is 1. The Morgan fingerprint density at radius 1 is 1.37 bits per heavy atom. The summed E-state index contributed by atoms with van der Waals surface area (Å²) in [6.07, 6.45) is 0. The van der Waals surface area contributed by atoms with Crippen LogP contribution in [0, 0.1) is 12.7 Å². The number of carbonyl (C=O) groups is 1. The molecule has 0 radical (unpaired) electrons. The molecule has 19 heavy (non-hydrogen) atoms. The predicted molar refractivity (Wildman–Crippen MR) is 75.0 cm³/mol. The van der Waals surface area contributed by atoms with Crippen LogP contribution in [0.4, 0.5) is 4.39 Å². The van der Waals surface area contributed by atoms with E-state index in [-0.39, 0.29) is 11.7 Å². The third-order valence-electron chi connectivity index (χ3n) is 2.84. The minimum absolute atomic E-state index is 0.250. The van der Waals surface area contributed by atoms with Gasteiger partial charge < -0.3 is 10.2 Å². The lowest BCUT2D eigenvalue weighted by molar-refractivity contribution is -0.117. The molecule has 0 spiro atoms. The Balaban J connectivity index is 2.61. The topological polar surface area (TPSA) is 32.3 Å². The first-order valence-electron chi connectivity index (χ1n) is 5.91. The van der Waals surface area contributed by atoms with Crippen LogP contribution in [0.3, 0.4) is 0 Å². The van der Waals surface area contributed by atoms with Crippen molar-refractivity contribution in [1.29, 1.82) is 0 Å². The number of halogens is 1. The SMILES string of the molecule is C=C(C(=C)N(C)C)C(=O)NCc1ccc(F)c(C)c1. The van der Waals surface area contributed by atoms with E-state index in [0.29, 0.717) is 23.4 Å². The molecule has 0 saturated heterocycles. The minimum atomic E-state index is -0.277. The van der Waals surface area contributed by atoms with Crippen LogP contribution >= 0.6 is 0 Å². The molecule has 0 saturated carbocycles. The Bertz CT molecular complexity index is 521. The molecular weight excluding hydrogens is 243 g/mol. The van der Waals surface area contributed by atoms with Gasteiger partial charge in [0.25, 0.3) is 5.91 Å². The first-order valence-corrected chi connectivity index (χ1v) is 5.91. The van der Waals surface area contributed by atoms with Gasteiger partial charge in [0.05, 0.1) is 5.57 Å². The largest absolute Gasteiger partial charge is 0.378 e. The molecule has 1 aromatic carbocycles. The zero-order valence-electron chi connectivity index (χ0n) is 11.6. The van der Waals surface area contributed by atoms with Crippen molar-refractivity contribution in [2.45, 2.75) is 13.5 Å². The molecule has 0 heterocycles. The molecule has 0 bridgehead atoms. The summed E-state index contributed by atoms with van der Waals surface area (Å²) < 4.78 is 13.1. The normalized spacial score (nSPS) is 9.89. The highest BCUT2D eigenvalue weighted by molar-refractivity contribution is 5.96. The second-order valence-electron chi connectivity index (χ2n) is 4.59. The molecule has 1 N–H and O–H groups in total. The zero-order valence-corrected chi connectivity index (χ0v) is 11.6. The number of nitrogens with zero attached hydrogens (tertiary/aromatic N) is 1. The van der Waals surface area contributed by atoms with Crippen LogP contribution in [0.25, 0.3) is 0 Å². The van der Waals surface area contributed by atoms with Gasteiger partial charge in [0.1, 0.15) is 5.82 Å². The van der Waals surface area contributed by atoms with E-state index in [2.05, 4.69) is 18.5 Å². The lowest BCUT2D eigenvalue weighted by Gasteiger charge is -2.17. The third-order valence-corrected chi connectivity index (χ3v) is 2.84. The van der Waals surface area contributed by atoms with Gasteiger partial charge in [0, 0.05) is 26.3 Å². The molecule has 0 aliphatic rings. The Morgan fingerprint density at radius 2 is 2.00 bits per heavy atom. The highest BCUT2D eigenvalue weighted by Gasteiger charge is 2.11. The van der Waals surface area contributed by atoms with E-state index < -0.39 is 0 Å². The Morgan fingerprint density at radius 3 is 2.53 bits per heavy atom. The summed E-state index contributed by atoms with van der Waals surface area (Å²) in [5.41, 5.74) is 2.29. The Hall–Kier alpha value is -2.10. The second-order valence-corrected chi connectivity index (χ2v) is 4.59. The summed E-state index contributed by atoms with van der Waals surface area (Å²) in [6.45, 7) is 9.50. The molecule has 0 aliphatic heterocycles. The summed E-state index contributed by atoms with van der Waals surface area (Å²) >= 11 is 0.